The van der Waals surface area contributed by atoms with Crippen molar-refractivity contribution in [3.63, 3.8) is 0 Å². The molecule has 0 spiro atoms. The van der Waals surface area contributed by atoms with Crippen LogP contribution in [0.25, 0.3) is 0 Å². The van der Waals surface area contributed by atoms with Crippen LogP contribution in [0.2, 0.25) is 0 Å². The van der Waals surface area contributed by atoms with E-state index in [9.17, 15) is 14.4 Å². The number of hydrogen-bond donors (Lipinski definition) is 2. The Labute approximate surface area is 152 Å². The molecule has 0 saturated carbocycles. The van der Waals surface area contributed by atoms with E-state index < -0.39 is 23.8 Å². The third-order valence-corrected chi connectivity index (χ3v) is 3.81. The molecule has 0 fully saturated rings. The van der Waals surface area contributed by atoms with Gasteiger partial charge in [0.2, 0.25) is 5.91 Å². The first-order chi connectivity index (χ1) is 12.5. The van der Waals surface area contributed by atoms with Crippen LogP contribution in [0.4, 0.5) is 0 Å². The molecule has 0 aromatic heterocycles. The minimum Gasteiger partial charge on any atom is -0.427 e. The fourth-order valence-electron chi connectivity index (χ4n) is 2.55. The fraction of sp³-hybridized carbons (Fsp3) is 0.250. The van der Waals surface area contributed by atoms with Crippen LogP contribution in [0, 0.1) is 0 Å². The normalized spacial score (nSPS) is 11.4. The number of carbonyl (C=O) groups excluding carboxylic acids is 3. The van der Waals surface area contributed by atoms with Gasteiger partial charge in [-0.1, -0.05) is 36.4 Å². The standard InChI is InChI=1S/C20H22N2O4/c1-14(23)26-17-11-6-10-16(13-17)20(25)22-18(19(21)24)12-5-9-15-7-3-2-4-8-15/h2-4,6-8,10-11,13,18H,5,9,12H2,1H3,(H2,21,24)(H,22,25)/t18-/m1/s1. The molecular weight excluding hydrogens is 332 g/mol. The molecule has 6 nitrogen and oxygen atoms in total. The van der Waals surface area contributed by atoms with E-state index >= 15 is 0 Å². The summed E-state index contributed by atoms with van der Waals surface area (Å²) in [7, 11) is 0. The summed E-state index contributed by atoms with van der Waals surface area (Å²) in [6, 6.07) is 15.3. The van der Waals surface area contributed by atoms with Crippen LogP contribution in [0.5, 0.6) is 5.75 Å². The molecule has 0 aliphatic carbocycles. The van der Waals surface area contributed by atoms with Crippen LogP contribution in [-0.4, -0.2) is 23.8 Å². The maximum absolute atomic E-state index is 12.4. The van der Waals surface area contributed by atoms with Gasteiger partial charge in [0.1, 0.15) is 11.8 Å². The molecule has 136 valence electrons. The van der Waals surface area contributed by atoms with E-state index in [4.69, 9.17) is 10.5 Å². The summed E-state index contributed by atoms with van der Waals surface area (Å²) in [6.07, 6.45) is 1.95. The zero-order chi connectivity index (χ0) is 18.9. The van der Waals surface area contributed by atoms with Gasteiger partial charge in [-0.3, -0.25) is 14.4 Å². The van der Waals surface area contributed by atoms with Crippen molar-refractivity contribution in [1.82, 2.24) is 5.32 Å². The molecular formula is C20H22N2O4. The number of benzene rings is 2. The van der Waals surface area contributed by atoms with E-state index in [2.05, 4.69) is 5.32 Å². The molecule has 1 atom stereocenters. The summed E-state index contributed by atoms with van der Waals surface area (Å²) in [5, 5.41) is 2.65. The first kappa shape index (κ1) is 19.2. The highest BCUT2D eigenvalue weighted by atomic mass is 16.5. The maximum Gasteiger partial charge on any atom is 0.308 e. The second kappa shape index (κ2) is 9.36. The lowest BCUT2D eigenvalue weighted by atomic mass is 10.0. The topological polar surface area (TPSA) is 98.5 Å². The molecule has 3 N–H and O–H groups in total. The third-order valence-electron chi connectivity index (χ3n) is 3.81. The SMILES string of the molecule is CC(=O)Oc1cccc(C(=O)N[C@H](CCCc2ccccc2)C(N)=O)c1. The molecule has 0 radical (unpaired) electrons. The van der Waals surface area contributed by atoms with Crippen molar-refractivity contribution in [2.45, 2.75) is 32.2 Å². The Morgan fingerprint density at radius 3 is 2.46 bits per heavy atom. The number of amides is 2. The zero-order valence-corrected chi connectivity index (χ0v) is 14.6. The van der Waals surface area contributed by atoms with E-state index in [1.54, 1.807) is 18.2 Å². The van der Waals surface area contributed by atoms with Crippen LogP contribution in [-0.2, 0) is 16.0 Å². The summed E-state index contributed by atoms with van der Waals surface area (Å²) < 4.78 is 4.96. The van der Waals surface area contributed by atoms with Crippen molar-refractivity contribution in [2.24, 2.45) is 5.73 Å². The lowest BCUT2D eigenvalue weighted by Crippen LogP contribution is -2.44. The molecule has 26 heavy (non-hydrogen) atoms. The maximum atomic E-state index is 12.4. The summed E-state index contributed by atoms with van der Waals surface area (Å²) in [5.74, 6) is -1.23. The Kier molecular flexibility index (Phi) is 6.91. The van der Waals surface area contributed by atoms with E-state index in [1.807, 2.05) is 30.3 Å². The van der Waals surface area contributed by atoms with Crippen LogP contribution < -0.4 is 15.8 Å². The number of ether oxygens (including phenoxy) is 1. The number of carbonyl (C=O) groups is 3. The summed E-state index contributed by atoms with van der Waals surface area (Å²) in [5.41, 5.74) is 6.87. The Hall–Kier alpha value is -3.15. The van der Waals surface area contributed by atoms with Gasteiger partial charge in [0.15, 0.2) is 0 Å². The largest absolute Gasteiger partial charge is 0.427 e. The second-order valence-corrected chi connectivity index (χ2v) is 5.93. The van der Waals surface area contributed by atoms with Gasteiger partial charge in [-0.25, -0.2) is 0 Å². The van der Waals surface area contributed by atoms with Crippen molar-refractivity contribution in [3.05, 3.63) is 65.7 Å². The molecule has 0 aliphatic heterocycles. The second-order valence-electron chi connectivity index (χ2n) is 5.93. The Morgan fingerprint density at radius 1 is 1.08 bits per heavy atom. The molecule has 6 heteroatoms. The number of nitrogens with two attached hydrogens (primary N) is 1. The highest BCUT2D eigenvalue weighted by molar-refractivity contribution is 5.97. The monoisotopic (exact) mass is 354 g/mol. The highest BCUT2D eigenvalue weighted by Crippen LogP contribution is 2.14. The number of rotatable bonds is 8. The van der Waals surface area contributed by atoms with E-state index in [1.165, 1.54) is 13.0 Å². The van der Waals surface area contributed by atoms with Crippen LogP contribution in [0.15, 0.2) is 54.6 Å². The van der Waals surface area contributed by atoms with Gasteiger partial charge < -0.3 is 15.8 Å². The van der Waals surface area contributed by atoms with Gasteiger partial charge >= 0.3 is 5.97 Å². The van der Waals surface area contributed by atoms with Crippen LogP contribution >= 0.6 is 0 Å². The third kappa shape index (κ3) is 6.05. The van der Waals surface area contributed by atoms with Crippen LogP contribution in [0.3, 0.4) is 0 Å². The molecule has 2 amide bonds. The molecule has 0 heterocycles. The predicted molar refractivity (Wildman–Crippen MR) is 97.6 cm³/mol. The quantitative estimate of drug-likeness (QED) is 0.561. The highest BCUT2D eigenvalue weighted by Gasteiger charge is 2.19. The van der Waals surface area contributed by atoms with E-state index in [0.29, 0.717) is 12.8 Å². The van der Waals surface area contributed by atoms with Gasteiger partial charge in [0, 0.05) is 12.5 Å². The van der Waals surface area contributed by atoms with E-state index in [0.717, 1.165) is 12.0 Å². The molecule has 2 aromatic rings. The van der Waals surface area contributed by atoms with Crippen molar-refractivity contribution >= 4 is 17.8 Å². The molecule has 0 unspecified atom stereocenters. The fourth-order valence-corrected chi connectivity index (χ4v) is 2.55. The van der Waals surface area contributed by atoms with Crippen LogP contribution in [0.1, 0.15) is 35.7 Å². The first-order valence-electron chi connectivity index (χ1n) is 8.38. The summed E-state index contributed by atoms with van der Waals surface area (Å²) in [4.78, 5) is 35.0. The Balaban J connectivity index is 1.95. The smallest absolute Gasteiger partial charge is 0.308 e. The first-order valence-corrected chi connectivity index (χ1v) is 8.38. The molecule has 0 bridgehead atoms. The van der Waals surface area contributed by atoms with Crippen molar-refractivity contribution in [1.29, 1.82) is 0 Å². The number of esters is 1. The van der Waals surface area contributed by atoms with E-state index in [-0.39, 0.29) is 11.3 Å². The van der Waals surface area contributed by atoms with Crippen molar-refractivity contribution in [2.75, 3.05) is 0 Å². The summed E-state index contributed by atoms with van der Waals surface area (Å²) in [6.45, 7) is 1.28. The van der Waals surface area contributed by atoms with Gasteiger partial charge in [-0.05, 0) is 43.0 Å². The molecule has 2 rings (SSSR count). The number of aryl methyl sites for hydroxylation is 1. The zero-order valence-electron chi connectivity index (χ0n) is 14.6. The minimum atomic E-state index is -0.761. The number of primary amides is 1. The van der Waals surface area contributed by atoms with Gasteiger partial charge in [0.05, 0.1) is 0 Å². The van der Waals surface area contributed by atoms with Gasteiger partial charge in [0.25, 0.3) is 5.91 Å². The number of nitrogens with one attached hydrogen (secondary N) is 1. The predicted octanol–water partition coefficient (Wildman–Crippen LogP) is 2.22. The Morgan fingerprint density at radius 2 is 1.81 bits per heavy atom. The lowest BCUT2D eigenvalue weighted by Gasteiger charge is -2.16. The Bertz CT molecular complexity index is 774. The van der Waals surface area contributed by atoms with Crippen molar-refractivity contribution < 1.29 is 19.1 Å². The van der Waals surface area contributed by atoms with Gasteiger partial charge in [-0.15, -0.1) is 0 Å². The molecule has 2 aromatic carbocycles. The molecule has 0 aliphatic rings. The summed E-state index contributed by atoms with van der Waals surface area (Å²) >= 11 is 0. The van der Waals surface area contributed by atoms with Crippen molar-refractivity contribution in [3.8, 4) is 5.75 Å². The molecule has 0 saturated heterocycles. The minimum absolute atomic E-state index is 0.268. The lowest BCUT2D eigenvalue weighted by molar-refractivity contribution is -0.131. The van der Waals surface area contributed by atoms with Gasteiger partial charge in [-0.2, -0.15) is 0 Å². The number of hydrogen-bond acceptors (Lipinski definition) is 4. The average molecular weight is 354 g/mol. The average Bonchev–Trinajstić information content (AvgIpc) is 2.61.